The zero-order valence-corrected chi connectivity index (χ0v) is 16.5. The van der Waals surface area contributed by atoms with E-state index in [0.29, 0.717) is 0 Å². The number of sulfonamides is 1. The third kappa shape index (κ3) is 4.92. The Morgan fingerprint density at radius 2 is 1.50 bits per heavy atom. The summed E-state index contributed by atoms with van der Waals surface area (Å²) in [6.07, 6.45) is 0.978. The van der Waals surface area contributed by atoms with Gasteiger partial charge in [0, 0.05) is 12.1 Å². The van der Waals surface area contributed by atoms with Crippen molar-refractivity contribution in [1.29, 1.82) is 0 Å². The van der Waals surface area contributed by atoms with Crippen LogP contribution in [0.5, 0.6) is 11.5 Å². The Hall–Kier alpha value is -3.27. The number of rotatable bonds is 7. The van der Waals surface area contributed by atoms with Crippen molar-refractivity contribution in [3.8, 4) is 11.5 Å². The zero-order valence-electron chi connectivity index (χ0n) is 15.7. The number of ether oxygens (including phenoxy) is 3. The minimum atomic E-state index is -3.59. The van der Waals surface area contributed by atoms with Gasteiger partial charge in [-0.05, 0) is 12.1 Å². The van der Waals surface area contributed by atoms with Crippen LogP contribution in [-0.2, 0) is 14.8 Å². The van der Waals surface area contributed by atoms with Crippen molar-refractivity contribution in [1.82, 2.24) is 0 Å². The molecule has 0 unspecified atom stereocenters. The second-order valence-electron chi connectivity index (χ2n) is 5.62. The van der Waals surface area contributed by atoms with E-state index in [1.54, 1.807) is 12.1 Å². The minimum absolute atomic E-state index is 0.0436. The summed E-state index contributed by atoms with van der Waals surface area (Å²) >= 11 is 0. The van der Waals surface area contributed by atoms with Crippen molar-refractivity contribution in [3.63, 3.8) is 0 Å². The Morgan fingerprint density at radius 3 is 2.07 bits per heavy atom. The second kappa shape index (κ2) is 8.61. The number of para-hydroxylation sites is 1. The van der Waals surface area contributed by atoms with Crippen molar-refractivity contribution >= 4 is 33.3 Å². The number of nitrogens with one attached hydrogen (secondary N) is 2. The summed E-state index contributed by atoms with van der Waals surface area (Å²) in [6, 6.07) is 8.85. The van der Waals surface area contributed by atoms with Crippen molar-refractivity contribution in [2.45, 2.75) is 0 Å². The van der Waals surface area contributed by atoms with Gasteiger partial charge in [0.05, 0.1) is 50.1 Å². The van der Waals surface area contributed by atoms with Gasteiger partial charge in [0.15, 0.2) is 11.5 Å². The quantitative estimate of drug-likeness (QED) is 0.673. The highest BCUT2D eigenvalue weighted by Crippen LogP contribution is 2.34. The average molecular weight is 408 g/mol. The van der Waals surface area contributed by atoms with E-state index in [-0.39, 0.29) is 34.0 Å². The van der Waals surface area contributed by atoms with Gasteiger partial charge in [0.2, 0.25) is 10.0 Å². The second-order valence-corrected chi connectivity index (χ2v) is 7.37. The number of benzene rings is 2. The molecule has 0 saturated heterocycles. The lowest BCUT2D eigenvalue weighted by atomic mass is 10.1. The number of hydrogen-bond donors (Lipinski definition) is 2. The number of esters is 1. The van der Waals surface area contributed by atoms with Crippen LogP contribution in [-0.4, -0.2) is 47.9 Å². The van der Waals surface area contributed by atoms with Gasteiger partial charge in [0.1, 0.15) is 0 Å². The molecule has 28 heavy (non-hydrogen) atoms. The molecule has 2 aromatic carbocycles. The molecule has 0 atom stereocenters. The summed E-state index contributed by atoms with van der Waals surface area (Å²) in [5, 5.41) is 2.58. The molecule has 2 rings (SSSR count). The Kier molecular flexibility index (Phi) is 6.47. The van der Waals surface area contributed by atoms with Crippen LogP contribution in [0, 0.1) is 0 Å². The van der Waals surface area contributed by atoms with Crippen molar-refractivity contribution < 1.29 is 32.2 Å². The fourth-order valence-electron chi connectivity index (χ4n) is 2.42. The maximum atomic E-state index is 12.8. The Labute approximate surface area is 162 Å². The summed E-state index contributed by atoms with van der Waals surface area (Å²) in [5.74, 6) is -0.768. The lowest BCUT2D eigenvalue weighted by Crippen LogP contribution is -2.19. The van der Waals surface area contributed by atoms with E-state index in [0.717, 1.165) is 6.26 Å². The van der Waals surface area contributed by atoms with E-state index in [2.05, 4.69) is 10.0 Å². The molecule has 150 valence electrons. The van der Waals surface area contributed by atoms with Gasteiger partial charge < -0.3 is 19.5 Å². The van der Waals surface area contributed by atoms with Crippen LogP contribution in [0.2, 0.25) is 0 Å². The molecule has 0 aromatic heterocycles. The predicted octanol–water partition coefficient (Wildman–Crippen LogP) is 2.11. The van der Waals surface area contributed by atoms with Crippen LogP contribution in [0.4, 0.5) is 11.4 Å². The number of amides is 1. The lowest BCUT2D eigenvalue weighted by Gasteiger charge is -2.16. The van der Waals surface area contributed by atoms with Crippen molar-refractivity contribution in [2.75, 3.05) is 37.6 Å². The van der Waals surface area contributed by atoms with E-state index in [1.807, 2.05) is 0 Å². The molecule has 0 radical (unpaired) electrons. The molecule has 0 aliphatic rings. The molecule has 0 saturated carbocycles. The number of hydrogen-bond acceptors (Lipinski definition) is 7. The molecule has 10 heteroatoms. The summed E-state index contributed by atoms with van der Waals surface area (Å²) < 4.78 is 40.5. The molecular formula is C18H20N2O7S. The normalized spacial score (nSPS) is 10.7. The number of carbonyl (C=O) groups excluding carboxylic acids is 2. The SMILES string of the molecule is COC(=O)c1cc(OC)c(OC)cc1NC(=O)c1ccccc1NS(C)(=O)=O. The number of methoxy groups -OCH3 is 3. The van der Waals surface area contributed by atoms with Crippen molar-refractivity contribution in [3.05, 3.63) is 47.5 Å². The maximum absolute atomic E-state index is 12.8. The first kappa shape index (κ1) is 21.0. The maximum Gasteiger partial charge on any atom is 0.340 e. The fourth-order valence-corrected chi connectivity index (χ4v) is 3.00. The highest BCUT2D eigenvalue weighted by Gasteiger charge is 2.21. The third-order valence-corrected chi connectivity index (χ3v) is 4.23. The molecule has 0 aliphatic heterocycles. The van der Waals surface area contributed by atoms with Gasteiger partial charge in [-0.15, -0.1) is 0 Å². The van der Waals surface area contributed by atoms with Crippen LogP contribution in [0.1, 0.15) is 20.7 Å². The smallest absolute Gasteiger partial charge is 0.340 e. The topological polar surface area (TPSA) is 120 Å². The van der Waals surface area contributed by atoms with E-state index < -0.39 is 21.9 Å². The van der Waals surface area contributed by atoms with Crippen LogP contribution in [0.25, 0.3) is 0 Å². The molecule has 0 bridgehead atoms. The van der Waals surface area contributed by atoms with Gasteiger partial charge in [0.25, 0.3) is 5.91 Å². The average Bonchev–Trinajstić information content (AvgIpc) is 2.66. The predicted molar refractivity (Wildman–Crippen MR) is 104 cm³/mol. The summed E-state index contributed by atoms with van der Waals surface area (Å²) in [7, 11) is 0.429. The van der Waals surface area contributed by atoms with E-state index in [4.69, 9.17) is 14.2 Å². The highest BCUT2D eigenvalue weighted by atomic mass is 32.2. The minimum Gasteiger partial charge on any atom is -0.493 e. The van der Waals surface area contributed by atoms with Crippen molar-refractivity contribution in [2.24, 2.45) is 0 Å². The molecule has 0 aliphatic carbocycles. The van der Waals surface area contributed by atoms with Gasteiger partial charge >= 0.3 is 5.97 Å². The monoisotopic (exact) mass is 408 g/mol. The van der Waals surface area contributed by atoms with Crippen LogP contribution >= 0.6 is 0 Å². The van der Waals surface area contributed by atoms with E-state index in [9.17, 15) is 18.0 Å². The van der Waals surface area contributed by atoms with E-state index in [1.165, 1.54) is 45.6 Å². The highest BCUT2D eigenvalue weighted by molar-refractivity contribution is 7.92. The molecule has 2 N–H and O–H groups in total. The van der Waals surface area contributed by atoms with Crippen LogP contribution in [0.3, 0.4) is 0 Å². The van der Waals surface area contributed by atoms with Crippen LogP contribution in [0.15, 0.2) is 36.4 Å². The fraction of sp³-hybridized carbons (Fsp3) is 0.222. The van der Waals surface area contributed by atoms with Gasteiger partial charge in [-0.25, -0.2) is 13.2 Å². The number of carbonyl (C=O) groups is 2. The summed E-state index contributed by atoms with van der Waals surface area (Å²) in [6.45, 7) is 0. The lowest BCUT2D eigenvalue weighted by molar-refractivity contribution is 0.0601. The third-order valence-electron chi connectivity index (χ3n) is 3.64. The first-order valence-electron chi connectivity index (χ1n) is 7.92. The zero-order chi connectivity index (χ0) is 20.9. The molecular weight excluding hydrogens is 388 g/mol. The van der Waals surface area contributed by atoms with E-state index >= 15 is 0 Å². The molecule has 0 heterocycles. The molecule has 0 spiro atoms. The Bertz CT molecular complexity index is 1000. The van der Waals surface area contributed by atoms with Gasteiger partial charge in [-0.3, -0.25) is 9.52 Å². The molecule has 0 fully saturated rings. The molecule has 1 amide bonds. The molecule has 9 nitrogen and oxygen atoms in total. The van der Waals surface area contributed by atoms with Crippen LogP contribution < -0.4 is 19.5 Å². The largest absolute Gasteiger partial charge is 0.493 e. The summed E-state index contributed by atoms with van der Waals surface area (Å²) in [5.41, 5.74) is 0.326. The summed E-state index contributed by atoms with van der Waals surface area (Å²) in [4.78, 5) is 24.9. The standard InChI is InChI=1S/C18H20N2O7S/c1-25-15-9-12(18(22)27-3)14(10-16(15)26-2)19-17(21)11-7-5-6-8-13(11)20-28(4,23)24/h5-10,20H,1-4H3,(H,19,21). The number of anilines is 2. The Balaban J connectivity index is 2.48. The first-order chi connectivity index (χ1) is 13.2. The Morgan fingerprint density at radius 1 is 0.893 bits per heavy atom. The van der Waals surface area contributed by atoms with Gasteiger partial charge in [-0.2, -0.15) is 0 Å². The first-order valence-corrected chi connectivity index (χ1v) is 9.81. The van der Waals surface area contributed by atoms with Gasteiger partial charge in [-0.1, -0.05) is 12.1 Å². The molecule has 2 aromatic rings.